The maximum atomic E-state index is 15.0. The summed E-state index contributed by atoms with van der Waals surface area (Å²) in [6.45, 7) is 1.73. The molecule has 1 aromatic heterocycles. The molecule has 0 bridgehead atoms. The smallest absolute Gasteiger partial charge is 0.316 e. The molecule has 0 radical (unpaired) electrons. The van der Waals surface area contributed by atoms with Crippen molar-refractivity contribution in [2.45, 2.75) is 45.1 Å². The van der Waals surface area contributed by atoms with Crippen molar-refractivity contribution in [2.24, 2.45) is 17.6 Å². The Morgan fingerprint density at radius 3 is 2.49 bits per heavy atom. The zero-order valence-electron chi connectivity index (χ0n) is 19.5. The standard InChI is InChI=1S/C25H30FN5O4/c26-24-18(15-34-23(33)11-21(27)28)2-1-3-20(24)19-12-29-25(30-13-19)35-14-17-6-8-31(9-7-17)22(32)10-16-4-5-16/h1-3,12-13,16-17H,4-11,14-15H2,(H3,27,28). The van der Waals surface area contributed by atoms with Gasteiger partial charge in [-0.05, 0) is 37.5 Å². The molecule has 0 unspecified atom stereocenters. The summed E-state index contributed by atoms with van der Waals surface area (Å²) in [5.41, 5.74) is 6.11. The third kappa shape index (κ3) is 6.97. The normalized spacial score (nSPS) is 16.1. The molecule has 2 fully saturated rings. The van der Waals surface area contributed by atoms with Gasteiger partial charge in [-0.3, -0.25) is 15.0 Å². The number of hydrogen-bond donors (Lipinski definition) is 2. The first-order valence-corrected chi connectivity index (χ1v) is 11.9. The van der Waals surface area contributed by atoms with Crippen LogP contribution in [-0.2, 0) is 20.9 Å². The predicted octanol–water partition coefficient (Wildman–Crippen LogP) is 3.07. The van der Waals surface area contributed by atoms with Crippen LogP contribution in [0.15, 0.2) is 30.6 Å². The van der Waals surface area contributed by atoms with Gasteiger partial charge in [0.1, 0.15) is 24.7 Å². The van der Waals surface area contributed by atoms with Crippen LogP contribution in [0, 0.1) is 23.1 Å². The molecule has 0 atom stereocenters. The Morgan fingerprint density at radius 1 is 1.11 bits per heavy atom. The number of benzene rings is 1. The number of esters is 1. The number of piperidine rings is 1. The molecule has 9 nitrogen and oxygen atoms in total. The number of nitrogens with two attached hydrogens (primary N) is 1. The van der Waals surface area contributed by atoms with E-state index in [4.69, 9.17) is 20.6 Å². The summed E-state index contributed by atoms with van der Waals surface area (Å²) in [6, 6.07) is 4.98. The van der Waals surface area contributed by atoms with E-state index >= 15 is 0 Å². The first-order chi connectivity index (χ1) is 16.9. The number of carbonyl (C=O) groups is 2. The van der Waals surface area contributed by atoms with E-state index in [0.29, 0.717) is 30.4 Å². The number of amides is 1. The van der Waals surface area contributed by atoms with Crippen LogP contribution in [0.1, 0.15) is 44.1 Å². The molecule has 2 aliphatic rings. The summed E-state index contributed by atoms with van der Waals surface area (Å²) >= 11 is 0. The van der Waals surface area contributed by atoms with E-state index in [9.17, 15) is 14.0 Å². The predicted molar refractivity (Wildman–Crippen MR) is 126 cm³/mol. The maximum absolute atomic E-state index is 15.0. The van der Waals surface area contributed by atoms with Gasteiger partial charge in [-0.2, -0.15) is 0 Å². The lowest BCUT2D eigenvalue weighted by atomic mass is 9.97. The van der Waals surface area contributed by atoms with Crippen LogP contribution in [-0.4, -0.2) is 52.3 Å². The summed E-state index contributed by atoms with van der Waals surface area (Å²) in [7, 11) is 0. The topological polar surface area (TPSA) is 131 Å². The maximum Gasteiger partial charge on any atom is 0.316 e. The average molecular weight is 484 g/mol. The first kappa shape index (κ1) is 24.6. The van der Waals surface area contributed by atoms with Gasteiger partial charge in [-0.1, -0.05) is 18.2 Å². The van der Waals surface area contributed by atoms with Gasteiger partial charge in [0.25, 0.3) is 0 Å². The molecular formula is C25H30FN5O4. The molecule has 1 saturated heterocycles. The van der Waals surface area contributed by atoms with E-state index in [0.717, 1.165) is 25.9 Å². The fourth-order valence-corrected chi connectivity index (χ4v) is 4.05. The molecule has 1 saturated carbocycles. The molecule has 1 aliphatic heterocycles. The van der Waals surface area contributed by atoms with Gasteiger partial charge in [0.05, 0.1) is 6.61 Å². The fraction of sp³-hybridized carbons (Fsp3) is 0.480. The van der Waals surface area contributed by atoms with Crippen LogP contribution in [0.5, 0.6) is 6.01 Å². The highest BCUT2D eigenvalue weighted by molar-refractivity contribution is 5.94. The van der Waals surface area contributed by atoms with E-state index in [1.165, 1.54) is 31.3 Å². The monoisotopic (exact) mass is 483 g/mol. The Labute approximate surface area is 203 Å². The largest absolute Gasteiger partial charge is 0.463 e. The minimum Gasteiger partial charge on any atom is -0.463 e. The molecule has 1 amide bonds. The summed E-state index contributed by atoms with van der Waals surface area (Å²) in [5.74, 6) is -0.325. The van der Waals surface area contributed by atoms with Crippen molar-refractivity contribution >= 4 is 17.7 Å². The van der Waals surface area contributed by atoms with Gasteiger partial charge in [0, 0.05) is 48.6 Å². The van der Waals surface area contributed by atoms with Crippen molar-refractivity contribution in [1.29, 1.82) is 5.41 Å². The van der Waals surface area contributed by atoms with Gasteiger partial charge < -0.3 is 20.1 Å². The van der Waals surface area contributed by atoms with Crippen molar-refractivity contribution in [3.63, 3.8) is 0 Å². The molecule has 2 heterocycles. The number of nitrogens with zero attached hydrogens (tertiary/aromatic N) is 3. The number of ether oxygens (including phenoxy) is 2. The fourth-order valence-electron chi connectivity index (χ4n) is 4.05. The quantitative estimate of drug-likeness (QED) is 0.302. The zero-order valence-corrected chi connectivity index (χ0v) is 19.5. The Hall–Kier alpha value is -3.56. The molecule has 2 aromatic rings. The van der Waals surface area contributed by atoms with E-state index in [2.05, 4.69) is 9.97 Å². The number of carbonyl (C=O) groups excluding carboxylic acids is 2. The van der Waals surface area contributed by atoms with Crippen molar-refractivity contribution in [1.82, 2.24) is 14.9 Å². The number of nitrogens with one attached hydrogen (secondary N) is 1. The van der Waals surface area contributed by atoms with Gasteiger partial charge in [0.15, 0.2) is 0 Å². The molecule has 4 rings (SSSR count). The Morgan fingerprint density at radius 2 is 1.83 bits per heavy atom. The lowest BCUT2D eigenvalue weighted by Gasteiger charge is -2.31. The van der Waals surface area contributed by atoms with Gasteiger partial charge >= 0.3 is 12.0 Å². The number of likely N-dealkylation sites (tertiary alicyclic amines) is 1. The van der Waals surface area contributed by atoms with Crippen molar-refractivity contribution in [2.75, 3.05) is 19.7 Å². The van der Waals surface area contributed by atoms with Crippen LogP contribution >= 0.6 is 0 Å². The van der Waals surface area contributed by atoms with Crippen LogP contribution < -0.4 is 10.5 Å². The number of halogens is 1. The van der Waals surface area contributed by atoms with E-state index in [1.54, 1.807) is 12.1 Å². The molecule has 0 spiro atoms. The van der Waals surface area contributed by atoms with Crippen molar-refractivity contribution in [3.8, 4) is 17.1 Å². The molecular weight excluding hydrogens is 453 g/mol. The van der Waals surface area contributed by atoms with E-state index in [-0.39, 0.29) is 41.9 Å². The Bertz CT molecular complexity index is 1070. The Kier molecular flexibility index (Phi) is 7.89. The number of hydrogen-bond acceptors (Lipinski definition) is 7. The first-order valence-electron chi connectivity index (χ1n) is 11.9. The van der Waals surface area contributed by atoms with Crippen molar-refractivity contribution in [3.05, 3.63) is 42.0 Å². The molecule has 1 aromatic carbocycles. The second-order valence-electron chi connectivity index (χ2n) is 9.18. The zero-order chi connectivity index (χ0) is 24.8. The van der Waals surface area contributed by atoms with Crippen LogP contribution in [0.2, 0.25) is 0 Å². The van der Waals surface area contributed by atoms with E-state index in [1.807, 2.05) is 4.90 Å². The summed E-state index contributed by atoms with van der Waals surface area (Å²) in [4.78, 5) is 34.2. The number of amidine groups is 1. The van der Waals surface area contributed by atoms with Crippen LogP contribution in [0.3, 0.4) is 0 Å². The second kappa shape index (κ2) is 11.2. The molecule has 10 heteroatoms. The summed E-state index contributed by atoms with van der Waals surface area (Å²) < 4.78 is 25.7. The highest BCUT2D eigenvalue weighted by atomic mass is 19.1. The highest BCUT2D eigenvalue weighted by Gasteiger charge is 2.29. The molecule has 3 N–H and O–H groups in total. The lowest BCUT2D eigenvalue weighted by molar-refractivity contribution is -0.143. The van der Waals surface area contributed by atoms with Crippen molar-refractivity contribution < 1.29 is 23.5 Å². The van der Waals surface area contributed by atoms with Gasteiger partial charge in [0.2, 0.25) is 5.91 Å². The Balaban J connectivity index is 1.27. The molecule has 35 heavy (non-hydrogen) atoms. The molecule has 1 aliphatic carbocycles. The number of aromatic nitrogens is 2. The number of rotatable bonds is 10. The van der Waals surface area contributed by atoms with Crippen LogP contribution in [0.25, 0.3) is 11.1 Å². The SMILES string of the molecule is N=C(N)CC(=O)OCc1cccc(-c2cnc(OCC3CCN(C(=O)CC4CC4)CC3)nc2)c1F. The minimum atomic E-state index is -0.692. The van der Waals surface area contributed by atoms with Gasteiger partial charge in [-0.25, -0.2) is 14.4 Å². The molecule has 186 valence electrons. The third-order valence-electron chi connectivity index (χ3n) is 6.32. The minimum absolute atomic E-state index is 0.196. The summed E-state index contributed by atoms with van der Waals surface area (Å²) in [5, 5.41) is 7.11. The lowest BCUT2D eigenvalue weighted by Crippen LogP contribution is -2.39. The third-order valence-corrected chi connectivity index (χ3v) is 6.32. The van der Waals surface area contributed by atoms with Crippen LogP contribution in [0.4, 0.5) is 4.39 Å². The summed E-state index contributed by atoms with van der Waals surface area (Å²) in [6.07, 6.45) is 7.49. The highest BCUT2D eigenvalue weighted by Crippen LogP contribution is 2.33. The van der Waals surface area contributed by atoms with Gasteiger partial charge in [-0.15, -0.1) is 0 Å². The average Bonchev–Trinajstić information content (AvgIpc) is 3.66. The van der Waals surface area contributed by atoms with E-state index < -0.39 is 11.8 Å². The second-order valence-corrected chi connectivity index (χ2v) is 9.18.